The van der Waals surface area contributed by atoms with Crippen LogP contribution in [0.25, 0.3) is 0 Å². The first-order chi connectivity index (χ1) is 9.41. The topological polar surface area (TPSA) is 90.7 Å². The summed E-state index contributed by atoms with van der Waals surface area (Å²) in [5.74, 6) is -0.464. The molecule has 8 nitrogen and oxygen atoms in total. The molecule has 0 aliphatic rings. The largest absolute Gasteiger partial charge is 0.469 e. The number of ether oxygens (including phenoxy) is 2. The van der Waals surface area contributed by atoms with Crippen LogP contribution in [0.4, 0.5) is 0 Å². The van der Waals surface area contributed by atoms with Crippen molar-refractivity contribution in [2.45, 2.75) is 11.3 Å². The number of carbonyl (C=O) groups excluding carboxylic acids is 1. The number of carbonyl (C=O) groups is 1. The molecule has 0 amide bonds. The standard InChI is InChI=1S/C11H19N3O5S/c1-13-9-10(8-12-13)20(16,17)14(6-7-18-2)5-4-11(15)19-3/h8-9H,4-7H2,1-3H3. The number of methoxy groups -OCH3 is 2. The molecule has 0 aliphatic carbocycles. The summed E-state index contributed by atoms with van der Waals surface area (Å²) in [7, 11) is 0.680. The summed E-state index contributed by atoms with van der Waals surface area (Å²) in [5.41, 5.74) is 0. The van der Waals surface area contributed by atoms with E-state index < -0.39 is 16.0 Å². The molecule has 1 rings (SSSR count). The average Bonchev–Trinajstić information content (AvgIpc) is 2.85. The van der Waals surface area contributed by atoms with E-state index in [1.54, 1.807) is 7.05 Å². The van der Waals surface area contributed by atoms with Gasteiger partial charge in [-0.05, 0) is 0 Å². The number of aromatic nitrogens is 2. The summed E-state index contributed by atoms with van der Waals surface area (Å²) in [4.78, 5) is 11.3. The summed E-state index contributed by atoms with van der Waals surface area (Å²) in [5, 5.41) is 3.84. The molecule has 20 heavy (non-hydrogen) atoms. The van der Waals surface area contributed by atoms with Crippen molar-refractivity contribution in [3.05, 3.63) is 12.4 Å². The van der Waals surface area contributed by atoms with Crippen LogP contribution in [0.5, 0.6) is 0 Å². The van der Waals surface area contributed by atoms with Gasteiger partial charge in [-0.3, -0.25) is 9.48 Å². The molecule has 0 saturated heterocycles. The summed E-state index contributed by atoms with van der Waals surface area (Å²) in [6.45, 7) is 0.429. The molecule has 0 bridgehead atoms. The van der Waals surface area contributed by atoms with Crippen LogP contribution < -0.4 is 0 Å². The quantitative estimate of drug-likeness (QED) is 0.608. The molecule has 114 valence electrons. The summed E-state index contributed by atoms with van der Waals surface area (Å²) < 4.78 is 36.8. The van der Waals surface area contributed by atoms with E-state index in [1.165, 1.54) is 35.6 Å². The number of nitrogens with zero attached hydrogens (tertiary/aromatic N) is 3. The molecule has 1 heterocycles. The van der Waals surface area contributed by atoms with Crippen LogP contribution in [0, 0.1) is 0 Å². The Labute approximate surface area is 118 Å². The summed E-state index contributed by atoms with van der Waals surface area (Å²) in [6, 6.07) is 0. The van der Waals surface area contributed by atoms with E-state index in [-0.39, 0.29) is 31.0 Å². The molecular formula is C11H19N3O5S. The fraction of sp³-hybridized carbons (Fsp3) is 0.636. The van der Waals surface area contributed by atoms with E-state index in [4.69, 9.17) is 4.74 Å². The van der Waals surface area contributed by atoms with Crippen molar-refractivity contribution >= 4 is 16.0 Å². The van der Waals surface area contributed by atoms with Crippen LogP contribution >= 0.6 is 0 Å². The molecule has 1 aromatic heterocycles. The molecule has 0 unspecified atom stereocenters. The van der Waals surface area contributed by atoms with Gasteiger partial charge < -0.3 is 9.47 Å². The number of hydrogen-bond donors (Lipinski definition) is 0. The van der Waals surface area contributed by atoms with E-state index in [0.29, 0.717) is 0 Å². The number of sulfonamides is 1. The minimum Gasteiger partial charge on any atom is -0.469 e. The smallest absolute Gasteiger partial charge is 0.306 e. The van der Waals surface area contributed by atoms with Crippen molar-refractivity contribution < 1.29 is 22.7 Å². The second-order valence-electron chi connectivity index (χ2n) is 4.07. The molecule has 0 radical (unpaired) electrons. The highest BCUT2D eigenvalue weighted by atomic mass is 32.2. The first kappa shape index (κ1) is 16.6. The molecular weight excluding hydrogens is 286 g/mol. The monoisotopic (exact) mass is 305 g/mol. The van der Waals surface area contributed by atoms with Gasteiger partial charge in [-0.1, -0.05) is 0 Å². The number of aryl methyl sites for hydroxylation is 1. The SMILES string of the molecule is COCCN(CCC(=O)OC)S(=O)(=O)c1cnn(C)c1. The van der Waals surface area contributed by atoms with Crippen molar-refractivity contribution in [1.29, 1.82) is 0 Å². The predicted molar refractivity (Wildman–Crippen MR) is 70.5 cm³/mol. The van der Waals surface area contributed by atoms with E-state index in [2.05, 4.69) is 9.84 Å². The van der Waals surface area contributed by atoms with Gasteiger partial charge in [-0.15, -0.1) is 0 Å². The first-order valence-electron chi connectivity index (χ1n) is 5.96. The Morgan fingerprint density at radius 2 is 2.10 bits per heavy atom. The van der Waals surface area contributed by atoms with E-state index >= 15 is 0 Å². The minimum absolute atomic E-state index is 0.0142. The van der Waals surface area contributed by atoms with Gasteiger partial charge in [-0.25, -0.2) is 8.42 Å². The zero-order chi connectivity index (χ0) is 15.2. The third-order valence-corrected chi connectivity index (χ3v) is 4.51. The lowest BCUT2D eigenvalue weighted by Crippen LogP contribution is -2.35. The maximum absolute atomic E-state index is 12.4. The normalized spacial score (nSPS) is 11.8. The Kier molecular flexibility index (Phi) is 6.11. The van der Waals surface area contributed by atoms with Crippen LogP contribution in [-0.4, -0.2) is 62.4 Å². The molecule has 0 atom stereocenters. The van der Waals surface area contributed by atoms with Gasteiger partial charge in [-0.2, -0.15) is 9.40 Å². The Morgan fingerprint density at radius 3 is 2.60 bits per heavy atom. The molecule has 0 aliphatic heterocycles. The van der Waals surface area contributed by atoms with Gasteiger partial charge in [0, 0.05) is 33.4 Å². The predicted octanol–water partition coefficient (Wildman–Crippen LogP) is -0.380. The fourth-order valence-corrected chi connectivity index (χ4v) is 2.96. The van der Waals surface area contributed by atoms with Crippen LogP contribution in [0.3, 0.4) is 0 Å². The van der Waals surface area contributed by atoms with E-state index in [0.717, 1.165) is 0 Å². The third kappa shape index (κ3) is 4.29. The molecule has 9 heteroatoms. The molecule has 0 N–H and O–H groups in total. The van der Waals surface area contributed by atoms with E-state index in [9.17, 15) is 13.2 Å². The lowest BCUT2D eigenvalue weighted by atomic mass is 10.4. The van der Waals surface area contributed by atoms with Crippen LogP contribution in [0.15, 0.2) is 17.3 Å². The lowest BCUT2D eigenvalue weighted by Gasteiger charge is -2.20. The van der Waals surface area contributed by atoms with Gasteiger partial charge in [0.15, 0.2) is 0 Å². The maximum atomic E-state index is 12.4. The van der Waals surface area contributed by atoms with Gasteiger partial charge in [0.2, 0.25) is 10.0 Å². The van der Waals surface area contributed by atoms with E-state index in [1.807, 2.05) is 0 Å². The fourth-order valence-electron chi connectivity index (χ4n) is 1.54. The number of hydrogen-bond acceptors (Lipinski definition) is 6. The van der Waals surface area contributed by atoms with Crippen molar-refractivity contribution in [3.8, 4) is 0 Å². The second-order valence-corrected chi connectivity index (χ2v) is 6.01. The summed E-state index contributed by atoms with van der Waals surface area (Å²) >= 11 is 0. The highest BCUT2D eigenvalue weighted by Gasteiger charge is 2.26. The van der Waals surface area contributed by atoms with Crippen LogP contribution in [-0.2, 0) is 31.3 Å². The number of rotatable bonds is 8. The van der Waals surface area contributed by atoms with Crippen molar-refractivity contribution in [2.75, 3.05) is 33.9 Å². The molecule has 0 saturated carbocycles. The minimum atomic E-state index is -3.69. The zero-order valence-corrected chi connectivity index (χ0v) is 12.6. The van der Waals surface area contributed by atoms with Gasteiger partial charge in [0.25, 0.3) is 0 Å². The van der Waals surface area contributed by atoms with Crippen LogP contribution in [0.2, 0.25) is 0 Å². The highest BCUT2D eigenvalue weighted by molar-refractivity contribution is 7.89. The Balaban J connectivity index is 2.88. The molecule has 0 aromatic carbocycles. The Morgan fingerprint density at radius 1 is 1.40 bits per heavy atom. The van der Waals surface area contributed by atoms with Crippen molar-refractivity contribution in [1.82, 2.24) is 14.1 Å². The highest BCUT2D eigenvalue weighted by Crippen LogP contribution is 2.14. The average molecular weight is 305 g/mol. The van der Waals surface area contributed by atoms with Crippen molar-refractivity contribution in [3.63, 3.8) is 0 Å². The first-order valence-corrected chi connectivity index (χ1v) is 7.40. The Bertz CT molecular complexity index is 540. The molecule has 1 aromatic rings. The maximum Gasteiger partial charge on any atom is 0.306 e. The number of esters is 1. The van der Waals surface area contributed by atoms with Crippen molar-refractivity contribution in [2.24, 2.45) is 7.05 Å². The zero-order valence-electron chi connectivity index (χ0n) is 11.8. The lowest BCUT2D eigenvalue weighted by molar-refractivity contribution is -0.140. The van der Waals surface area contributed by atoms with Gasteiger partial charge in [0.1, 0.15) is 4.90 Å². The molecule has 0 fully saturated rings. The third-order valence-electron chi connectivity index (χ3n) is 2.66. The van der Waals surface area contributed by atoms with Gasteiger partial charge in [0.05, 0.1) is 26.3 Å². The van der Waals surface area contributed by atoms with Crippen LogP contribution in [0.1, 0.15) is 6.42 Å². The molecule has 0 spiro atoms. The Hall–Kier alpha value is -1.45. The summed E-state index contributed by atoms with van der Waals surface area (Å²) in [6.07, 6.45) is 2.67. The second kappa shape index (κ2) is 7.36. The van der Waals surface area contributed by atoms with Gasteiger partial charge >= 0.3 is 5.97 Å².